The van der Waals surface area contributed by atoms with Gasteiger partial charge in [0.25, 0.3) is 0 Å². The molecule has 2 N–H and O–H groups in total. The molecule has 0 amide bonds. The van der Waals surface area contributed by atoms with Crippen molar-refractivity contribution in [2.24, 2.45) is 5.73 Å². The Bertz CT molecular complexity index is 464. The Morgan fingerprint density at radius 3 is 2.94 bits per heavy atom. The second-order valence-electron chi connectivity index (χ2n) is 3.70. The van der Waals surface area contributed by atoms with Crippen LogP contribution in [0.5, 0.6) is 0 Å². The summed E-state index contributed by atoms with van der Waals surface area (Å²) in [6, 6.07) is 8.14. The molecular formula is C12H17N3O. The van der Waals surface area contributed by atoms with Gasteiger partial charge in [0.15, 0.2) is 0 Å². The van der Waals surface area contributed by atoms with Crippen LogP contribution in [0, 0.1) is 0 Å². The van der Waals surface area contributed by atoms with Crippen LogP contribution in [0.3, 0.4) is 0 Å². The van der Waals surface area contributed by atoms with Crippen molar-refractivity contribution in [3.8, 4) is 0 Å². The minimum atomic E-state index is 0.621. The highest BCUT2D eigenvalue weighted by Crippen LogP contribution is 2.16. The van der Waals surface area contributed by atoms with Gasteiger partial charge in [0.2, 0.25) is 0 Å². The van der Waals surface area contributed by atoms with Gasteiger partial charge >= 0.3 is 0 Å². The van der Waals surface area contributed by atoms with Crippen LogP contribution in [-0.4, -0.2) is 29.8 Å². The first kappa shape index (κ1) is 11.1. The molecular weight excluding hydrogens is 202 g/mol. The molecule has 0 aliphatic heterocycles. The molecule has 0 atom stereocenters. The molecule has 0 fully saturated rings. The summed E-state index contributed by atoms with van der Waals surface area (Å²) in [7, 11) is 1.71. The standard InChI is InChI=1S/C12H17N3O/c1-16-9-8-15-11-5-3-2-4-10(11)14-12(15)6-7-13/h2-5H,6-9,13H2,1H3. The molecule has 0 spiro atoms. The number of fused-ring (bicyclic) bond motifs is 1. The number of rotatable bonds is 5. The van der Waals surface area contributed by atoms with Crippen LogP contribution < -0.4 is 5.73 Å². The van der Waals surface area contributed by atoms with Crippen molar-refractivity contribution < 1.29 is 4.74 Å². The molecule has 2 aromatic rings. The van der Waals surface area contributed by atoms with Gasteiger partial charge in [0, 0.05) is 20.1 Å². The van der Waals surface area contributed by atoms with Crippen molar-refractivity contribution in [2.45, 2.75) is 13.0 Å². The topological polar surface area (TPSA) is 53.1 Å². The molecule has 86 valence electrons. The molecule has 4 heteroatoms. The highest BCUT2D eigenvalue weighted by molar-refractivity contribution is 5.75. The molecule has 0 bridgehead atoms. The van der Waals surface area contributed by atoms with Gasteiger partial charge in [0.05, 0.1) is 17.6 Å². The highest BCUT2D eigenvalue weighted by atomic mass is 16.5. The first-order chi connectivity index (χ1) is 7.86. The van der Waals surface area contributed by atoms with E-state index in [0.29, 0.717) is 13.2 Å². The van der Waals surface area contributed by atoms with Gasteiger partial charge in [-0.05, 0) is 18.7 Å². The van der Waals surface area contributed by atoms with E-state index in [1.807, 2.05) is 18.2 Å². The fourth-order valence-corrected chi connectivity index (χ4v) is 1.88. The summed E-state index contributed by atoms with van der Waals surface area (Å²) in [5.74, 6) is 1.04. The van der Waals surface area contributed by atoms with Gasteiger partial charge in [-0.15, -0.1) is 0 Å². The summed E-state index contributed by atoms with van der Waals surface area (Å²) in [5, 5.41) is 0. The van der Waals surface area contributed by atoms with Gasteiger partial charge in [0.1, 0.15) is 5.82 Å². The van der Waals surface area contributed by atoms with Gasteiger partial charge in [-0.2, -0.15) is 0 Å². The Morgan fingerprint density at radius 1 is 1.38 bits per heavy atom. The minimum absolute atomic E-state index is 0.621. The second kappa shape index (κ2) is 5.09. The zero-order valence-electron chi connectivity index (χ0n) is 9.52. The predicted molar refractivity (Wildman–Crippen MR) is 64.4 cm³/mol. The summed E-state index contributed by atoms with van der Waals surface area (Å²) in [6.45, 7) is 2.14. The van der Waals surface area contributed by atoms with Crippen molar-refractivity contribution in [3.63, 3.8) is 0 Å². The Hall–Kier alpha value is -1.39. The van der Waals surface area contributed by atoms with Gasteiger partial charge < -0.3 is 15.0 Å². The van der Waals surface area contributed by atoms with E-state index in [2.05, 4.69) is 15.6 Å². The first-order valence-electron chi connectivity index (χ1n) is 5.50. The summed E-state index contributed by atoms with van der Waals surface area (Å²) in [4.78, 5) is 4.58. The van der Waals surface area contributed by atoms with Crippen molar-refractivity contribution in [1.82, 2.24) is 9.55 Å². The lowest BCUT2D eigenvalue weighted by Gasteiger charge is -2.07. The molecule has 1 aromatic carbocycles. The van der Waals surface area contributed by atoms with Crippen LogP contribution >= 0.6 is 0 Å². The molecule has 4 nitrogen and oxygen atoms in total. The second-order valence-corrected chi connectivity index (χ2v) is 3.70. The van der Waals surface area contributed by atoms with Crippen LogP contribution in [-0.2, 0) is 17.7 Å². The number of hydrogen-bond donors (Lipinski definition) is 1. The number of nitrogens with zero attached hydrogens (tertiary/aromatic N) is 2. The number of para-hydroxylation sites is 2. The average Bonchev–Trinajstić information content (AvgIpc) is 2.65. The third kappa shape index (κ3) is 2.08. The quantitative estimate of drug-likeness (QED) is 0.821. The number of benzene rings is 1. The molecule has 1 aromatic heterocycles. The van der Waals surface area contributed by atoms with E-state index in [-0.39, 0.29) is 0 Å². The van der Waals surface area contributed by atoms with E-state index < -0.39 is 0 Å². The minimum Gasteiger partial charge on any atom is -0.383 e. The summed E-state index contributed by atoms with van der Waals surface area (Å²) < 4.78 is 7.30. The monoisotopic (exact) mass is 219 g/mol. The highest BCUT2D eigenvalue weighted by Gasteiger charge is 2.08. The molecule has 1 heterocycles. The molecule has 0 unspecified atom stereocenters. The largest absolute Gasteiger partial charge is 0.383 e. The van der Waals surface area contributed by atoms with Crippen LogP contribution in [0.4, 0.5) is 0 Å². The van der Waals surface area contributed by atoms with Crippen molar-refractivity contribution in [1.29, 1.82) is 0 Å². The maximum absolute atomic E-state index is 5.60. The van der Waals surface area contributed by atoms with Gasteiger partial charge in [-0.3, -0.25) is 0 Å². The lowest BCUT2D eigenvalue weighted by atomic mass is 10.3. The smallest absolute Gasteiger partial charge is 0.111 e. The summed E-state index contributed by atoms with van der Waals surface area (Å²) in [5.41, 5.74) is 7.78. The maximum Gasteiger partial charge on any atom is 0.111 e. The molecule has 0 radical (unpaired) electrons. The molecule has 0 saturated heterocycles. The number of imidazole rings is 1. The number of nitrogens with two attached hydrogens (primary N) is 1. The third-order valence-electron chi connectivity index (χ3n) is 2.62. The van der Waals surface area contributed by atoms with E-state index in [0.717, 1.165) is 29.8 Å². The average molecular weight is 219 g/mol. The predicted octanol–water partition coefficient (Wildman–Crippen LogP) is 1.18. The lowest BCUT2D eigenvalue weighted by Crippen LogP contribution is -2.12. The van der Waals surface area contributed by atoms with Crippen molar-refractivity contribution in [3.05, 3.63) is 30.1 Å². The summed E-state index contributed by atoms with van der Waals surface area (Å²) >= 11 is 0. The van der Waals surface area contributed by atoms with Crippen molar-refractivity contribution >= 4 is 11.0 Å². The lowest BCUT2D eigenvalue weighted by molar-refractivity contribution is 0.187. The van der Waals surface area contributed by atoms with E-state index in [9.17, 15) is 0 Å². The maximum atomic E-state index is 5.60. The van der Waals surface area contributed by atoms with E-state index in [1.165, 1.54) is 0 Å². The Labute approximate surface area is 95.0 Å². The molecule has 0 aliphatic rings. The zero-order valence-corrected chi connectivity index (χ0v) is 9.52. The fraction of sp³-hybridized carbons (Fsp3) is 0.417. The summed E-state index contributed by atoms with van der Waals surface area (Å²) in [6.07, 6.45) is 0.804. The Morgan fingerprint density at radius 2 is 2.19 bits per heavy atom. The van der Waals surface area contributed by atoms with Gasteiger partial charge in [-0.1, -0.05) is 12.1 Å². The van der Waals surface area contributed by atoms with Crippen LogP contribution in [0.15, 0.2) is 24.3 Å². The Kier molecular flexibility index (Phi) is 3.54. The number of aromatic nitrogens is 2. The van der Waals surface area contributed by atoms with Crippen LogP contribution in [0.1, 0.15) is 5.82 Å². The SMILES string of the molecule is COCCn1c(CCN)nc2ccccc21. The third-order valence-corrected chi connectivity index (χ3v) is 2.62. The number of methoxy groups -OCH3 is 1. The van der Waals surface area contributed by atoms with E-state index >= 15 is 0 Å². The number of ether oxygens (including phenoxy) is 1. The van der Waals surface area contributed by atoms with E-state index in [1.54, 1.807) is 7.11 Å². The molecule has 0 aliphatic carbocycles. The Balaban J connectivity index is 2.42. The number of hydrogen-bond acceptors (Lipinski definition) is 3. The first-order valence-corrected chi connectivity index (χ1v) is 5.50. The van der Waals surface area contributed by atoms with Crippen molar-refractivity contribution in [2.75, 3.05) is 20.3 Å². The molecule has 16 heavy (non-hydrogen) atoms. The molecule has 2 rings (SSSR count). The molecule has 0 saturated carbocycles. The zero-order chi connectivity index (χ0) is 11.4. The van der Waals surface area contributed by atoms with Crippen LogP contribution in [0.25, 0.3) is 11.0 Å². The fourth-order valence-electron chi connectivity index (χ4n) is 1.88. The van der Waals surface area contributed by atoms with Gasteiger partial charge in [-0.25, -0.2) is 4.98 Å². The van der Waals surface area contributed by atoms with Crippen LogP contribution in [0.2, 0.25) is 0 Å². The van der Waals surface area contributed by atoms with E-state index in [4.69, 9.17) is 10.5 Å². The normalized spacial score (nSPS) is 11.1.